The summed E-state index contributed by atoms with van der Waals surface area (Å²) in [6, 6.07) is 9.17. The number of aromatic nitrogens is 1. The van der Waals surface area contributed by atoms with Gasteiger partial charge in [0.2, 0.25) is 0 Å². The SMILES string of the molecule is CC1OC(C)(C)c2cccc(NC(=O)c3cccnc3Cl)c21. The van der Waals surface area contributed by atoms with E-state index < -0.39 is 0 Å². The summed E-state index contributed by atoms with van der Waals surface area (Å²) in [7, 11) is 0. The normalized spacial score (nSPS) is 18.8. The minimum atomic E-state index is -0.360. The zero-order valence-corrected chi connectivity index (χ0v) is 13.4. The van der Waals surface area contributed by atoms with Gasteiger partial charge in [0, 0.05) is 17.4 Å². The molecule has 0 radical (unpaired) electrons. The van der Waals surface area contributed by atoms with E-state index in [0.717, 1.165) is 16.8 Å². The van der Waals surface area contributed by atoms with Crippen LogP contribution in [-0.4, -0.2) is 10.9 Å². The standard InChI is InChI=1S/C17H17ClN2O2/c1-10-14-12(17(2,3)22-10)7-4-8-13(14)20-16(21)11-6-5-9-19-15(11)18/h4-10H,1-3H3,(H,20,21). The molecule has 0 spiro atoms. The van der Waals surface area contributed by atoms with Crippen molar-refractivity contribution in [1.29, 1.82) is 0 Å². The Morgan fingerprint density at radius 2 is 2.09 bits per heavy atom. The van der Waals surface area contributed by atoms with Gasteiger partial charge in [-0.3, -0.25) is 4.79 Å². The summed E-state index contributed by atoms with van der Waals surface area (Å²) in [5, 5.41) is 3.12. The maximum absolute atomic E-state index is 12.4. The van der Waals surface area contributed by atoms with Crippen LogP contribution in [0, 0.1) is 0 Å². The molecule has 0 bridgehead atoms. The molecule has 0 saturated heterocycles. The number of ether oxygens (including phenoxy) is 1. The second-order valence-corrected chi connectivity index (χ2v) is 6.19. The molecular weight excluding hydrogens is 300 g/mol. The van der Waals surface area contributed by atoms with E-state index in [1.54, 1.807) is 18.3 Å². The fourth-order valence-electron chi connectivity index (χ4n) is 2.95. The van der Waals surface area contributed by atoms with E-state index in [1.165, 1.54) is 0 Å². The zero-order chi connectivity index (χ0) is 15.9. The van der Waals surface area contributed by atoms with Gasteiger partial charge in [0.15, 0.2) is 0 Å². The van der Waals surface area contributed by atoms with Crippen LogP contribution in [0.25, 0.3) is 0 Å². The molecule has 4 nitrogen and oxygen atoms in total. The molecule has 0 fully saturated rings. The first-order valence-corrected chi connectivity index (χ1v) is 7.51. The monoisotopic (exact) mass is 316 g/mol. The van der Waals surface area contributed by atoms with E-state index >= 15 is 0 Å². The van der Waals surface area contributed by atoms with E-state index in [2.05, 4.69) is 10.3 Å². The zero-order valence-electron chi connectivity index (χ0n) is 12.7. The van der Waals surface area contributed by atoms with Gasteiger partial charge < -0.3 is 10.1 Å². The smallest absolute Gasteiger partial charge is 0.258 e. The van der Waals surface area contributed by atoms with Crippen LogP contribution < -0.4 is 5.32 Å². The fraction of sp³-hybridized carbons (Fsp3) is 0.294. The van der Waals surface area contributed by atoms with E-state index in [4.69, 9.17) is 16.3 Å². The molecule has 1 aliphatic rings. The molecule has 1 atom stereocenters. The topological polar surface area (TPSA) is 51.2 Å². The molecule has 22 heavy (non-hydrogen) atoms. The molecule has 1 N–H and O–H groups in total. The molecule has 0 aliphatic carbocycles. The Labute approximate surface area is 134 Å². The Hall–Kier alpha value is -1.91. The number of amides is 1. The van der Waals surface area contributed by atoms with Crippen molar-refractivity contribution in [3.8, 4) is 0 Å². The molecule has 1 amide bonds. The van der Waals surface area contributed by atoms with Crippen molar-refractivity contribution in [3.05, 3.63) is 58.4 Å². The third kappa shape index (κ3) is 2.49. The van der Waals surface area contributed by atoms with Crippen LogP contribution in [0.1, 0.15) is 48.4 Å². The van der Waals surface area contributed by atoms with Gasteiger partial charge >= 0.3 is 0 Å². The highest BCUT2D eigenvalue weighted by Crippen LogP contribution is 2.46. The second-order valence-electron chi connectivity index (χ2n) is 5.83. The lowest BCUT2D eigenvalue weighted by molar-refractivity contribution is -0.0433. The van der Waals surface area contributed by atoms with Gasteiger partial charge in [-0.2, -0.15) is 0 Å². The Morgan fingerprint density at radius 3 is 2.82 bits per heavy atom. The van der Waals surface area contributed by atoms with Crippen LogP contribution in [0.5, 0.6) is 0 Å². The van der Waals surface area contributed by atoms with E-state index in [9.17, 15) is 4.79 Å². The quantitative estimate of drug-likeness (QED) is 0.840. The molecule has 2 aromatic rings. The highest BCUT2D eigenvalue weighted by Gasteiger charge is 2.37. The molecule has 3 rings (SSSR count). The van der Waals surface area contributed by atoms with Gasteiger partial charge in [-0.05, 0) is 44.5 Å². The van der Waals surface area contributed by atoms with Crippen LogP contribution in [0.3, 0.4) is 0 Å². The number of rotatable bonds is 2. The van der Waals surface area contributed by atoms with Gasteiger partial charge in [0.1, 0.15) is 5.15 Å². The Balaban J connectivity index is 1.97. The number of nitrogens with one attached hydrogen (secondary N) is 1. The van der Waals surface area contributed by atoms with Crippen molar-refractivity contribution in [2.75, 3.05) is 5.32 Å². The van der Waals surface area contributed by atoms with Crippen molar-refractivity contribution in [1.82, 2.24) is 4.98 Å². The number of halogens is 1. The van der Waals surface area contributed by atoms with Crippen LogP contribution >= 0.6 is 11.6 Å². The number of hydrogen-bond acceptors (Lipinski definition) is 3. The van der Waals surface area contributed by atoms with Crippen molar-refractivity contribution in [3.63, 3.8) is 0 Å². The average Bonchev–Trinajstić information content (AvgIpc) is 2.70. The van der Waals surface area contributed by atoms with Gasteiger partial charge in [-0.1, -0.05) is 23.7 Å². The molecule has 114 valence electrons. The van der Waals surface area contributed by atoms with Crippen LogP contribution in [0.2, 0.25) is 5.15 Å². The number of nitrogens with zero attached hydrogens (tertiary/aromatic N) is 1. The molecule has 1 aromatic heterocycles. The van der Waals surface area contributed by atoms with E-state index in [0.29, 0.717) is 5.56 Å². The van der Waals surface area contributed by atoms with Crippen LogP contribution in [0.15, 0.2) is 36.5 Å². The van der Waals surface area contributed by atoms with E-state index in [1.807, 2.05) is 39.0 Å². The summed E-state index contributed by atoms with van der Waals surface area (Å²) in [5.41, 5.74) is 2.85. The van der Waals surface area contributed by atoms with Crippen molar-refractivity contribution in [2.45, 2.75) is 32.5 Å². The lowest BCUT2D eigenvalue weighted by atomic mass is 9.93. The third-order valence-corrected chi connectivity index (χ3v) is 4.19. The first-order valence-electron chi connectivity index (χ1n) is 7.13. The first-order chi connectivity index (χ1) is 10.4. The molecule has 1 aromatic carbocycles. The van der Waals surface area contributed by atoms with Gasteiger partial charge in [-0.25, -0.2) is 4.98 Å². The van der Waals surface area contributed by atoms with Gasteiger partial charge in [-0.15, -0.1) is 0 Å². The summed E-state index contributed by atoms with van der Waals surface area (Å²) < 4.78 is 5.98. The minimum absolute atomic E-state index is 0.0779. The maximum atomic E-state index is 12.4. The summed E-state index contributed by atoms with van der Waals surface area (Å²) in [5.74, 6) is -0.275. The summed E-state index contributed by atoms with van der Waals surface area (Å²) in [6.07, 6.45) is 1.48. The van der Waals surface area contributed by atoms with Gasteiger partial charge in [0.25, 0.3) is 5.91 Å². The van der Waals surface area contributed by atoms with Crippen molar-refractivity contribution < 1.29 is 9.53 Å². The highest BCUT2D eigenvalue weighted by atomic mass is 35.5. The fourth-order valence-corrected chi connectivity index (χ4v) is 3.15. The Bertz CT molecular complexity index is 743. The number of fused-ring (bicyclic) bond motifs is 1. The van der Waals surface area contributed by atoms with Crippen molar-refractivity contribution >= 4 is 23.2 Å². The lowest BCUT2D eigenvalue weighted by Crippen LogP contribution is -2.16. The molecular formula is C17H17ClN2O2. The molecule has 1 aliphatic heterocycles. The predicted octanol–water partition coefficient (Wildman–Crippen LogP) is 4.31. The molecule has 2 heterocycles. The second kappa shape index (κ2) is 5.38. The van der Waals surface area contributed by atoms with Gasteiger partial charge in [0.05, 0.1) is 17.3 Å². The molecule has 5 heteroatoms. The number of hydrogen-bond donors (Lipinski definition) is 1. The predicted molar refractivity (Wildman–Crippen MR) is 86.2 cm³/mol. The van der Waals surface area contributed by atoms with Crippen LogP contribution in [-0.2, 0) is 10.3 Å². The summed E-state index contributed by atoms with van der Waals surface area (Å²) >= 11 is 5.98. The highest BCUT2D eigenvalue weighted by molar-refractivity contribution is 6.33. The lowest BCUT2D eigenvalue weighted by Gasteiger charge is -2.19. The number of benzene rings is 1. The number of anilines is 1. The Morgan fingerprint density at radius 1 is 1.32 bits per heavy atom. The largest absolute Gasteiger partial charge is 0.363 e. The minimum Gasteiger partial charge on any atom is -0.363 e. The third-order valence-electron chi connectivity index (χ3n) is 3.88. The molecule has 1 unspecified atom stereocenters. The van der Waals surface area contributed by atoms with E-state index in [-0.39, 0.29) is 22.8 Å². The number of pyridine rings is 1. The maximum Gasteiger partial charge on any atom is 0.258 e. The Kier molecular flexibility index (Phi) is 3.67. The first kappa shape index (κ1) is 15.0. The number of carbonyl (C=O) groups is 1. The number of carbonyl (C=O) groups excluding carboxylic acids is 1. The van der Waals surface area contributed by atoms with Crippen LogP contribution in [0.4, 0.5) is 5.69 Å². The summed E-state index contributed by atoms with van der Waals surface area (Å²) in [4.78, 5) is 16.4. The average molecular weight is 317 g/mol. The van der Waals surface area contributed by atoms with Crippen molar-refractivity contribution in [2.24, 2.45) is 0 Å². The molecule has 0 saturated carbocycles. The summed E-state index contributed by atoms with van der Waals surface area (Å²) in [6.45, 7) is 6.04.